The van der Waals surface area contributed by atoms with Gasteiger partial charge in [0, 0.05) is 44.1 Å². The molecule has 4 nitrogen and oxygen atoms in total. The average Bonchev–Trinajstić information content (AvgIpc) is 3.40. The molecular weight excluding hydrogens is 759 g/mol. The first kappa shape index (κ1) is 35.4. The van der Waals surface area contributed by atoms with Crippen LogP contribution < -0.4 is 5.19 Å². The number of hydrogen-bond acceptors (Lipinski definition) is 4. The van der Waals surface area contributed by atoms with Crippen molar-refractivity contribution in [3.05, 3.63) is 109 Å². The second-order valence-electron chi connectivity index (χ2n) is 14.0. The van der Waals surface area contributed by atoms with Crippen LogP contribution in [0.2, 0.25) is 19.6 Å². The van der Waals surface area contributed by atoms with E-state index in [1.807, 2.05) is 48.7 Å². The molecule has 241 valence electrons. The van der Waals surface area contributed by atoms with Crippen LogP contribution in [0.15, 0.2) is 89.7 Å². The van der Waals surface area contributed by atoms with Crippen LogP contribution in [0, 0.1) is 17.5 Å². The molecule has 0 bridgehead atoms. The summed E-state index contributed by atoms with van der Waals surface area (Å²) in [5.74, 6) is 0.559. The molecule has 0 aliphatic rings. The van der Waals surface area contributed by atoms with Gasteiger partial charge in [0.1, 0.15) is 0 Å². The van der Waals surface area contributed by atoms with E-state index in [4.69, 9.17) is 9.40 Å². The van der Waals surface area contributed by atoms with Crippen LogP contribution in [0.5, 0.6) is 0 Å². The normalized spacial score (nSPS) is 11.8. The Balaban J connectivity index is 0.000000207. The van der Waals surface area contributed by atoms with E-state index in [0.717, 1.165) is 58.1 Å². The molecule has 4 aromatic heterocycles. The number of furan rings is 1. The molecule has 6 heteroatoms. The van der Waals surface area contributed by atoms with Crippen molar-refractivity contribution in [3.8, 4) is 22.5 Å². The molecule has 0 saturated carbocycles. The van der Waals surface area contributed by atoms with Crippen LogP contribution >= 0.6 is 0 Å². The van der Waals surface area contributed by atoms with Crippen molar-refractivity contribution < 1.29 is 24.5 Å². The van der Waals surface area contributed by atoms with Crippen molar-refractivity contribution in [2.45, 2.75) is 79.4 Å². The van der Waals surface area contributed by atoms with Gasteiger partial charge in [0.15, 0.2) is 0 Å². The first-order valence-electron chi connectivity index (χ1n) is 16.1. The van der Waals surface area contributed by atoms with E-state index < -0.39 is 8.07 Å². The van der Waals surface area contributed by atoms with Crippen LogP contribution in [0.4, 0.5) is 0 Å². The number of pyridine rings is 3. The van der Waals surface area contributed by atoms with Crippen LogP contribution in [0.3, 0.4) is 0 Å². The smallest absolute Gasteiger partial charge is 0.216 e. The van der Waals surface area contributed by atoms with Gasteiger partial charge in [-0.25, -0.2) is 4.98 Å². The summed E-state index contributed by atoms with van der Waals surface area (Å²) in [6, 6.07) is 29.2. The molecular formula is C40H45IrN3OSi-2. The second-order valence-corrected chi connectivity index (χ2v) is 19.1. The Morgan fingerprint density at radius 2 is 1.59 bits per heavy atom. The summed E-state index contributed by atoms with van der Waals surface area (Å²) >= 11 is 0. The Morgan fingerprint density at radius 3 is 2.26 bits per heavy atom. The van der Waals surface area contributed by atoms with E-state index in [-0.39, 0.29) is 25.5 Å². The monoisotopic (exact) mass is 804 g/mol. The maximum Gasteiger partial charge on any atom is 0.216 e. The molecule has 0 amide bonds. The molecule has 46 heavy (non-hydrogen) atoms. The van der Waals surface area contributed by atoms with E-state index >= 15 is 0 Å². The minimum atomic E-state index is -1.37. The molecule has 0 N–H and O–H groups in total. The van der Waals surface area contributed by atoms with Gasteiger partial charge in [-0.15, -0.1) is 54.1 Å². The summed E-state index contributed by atoms with van der Waals surface area (Å²) in [7, 11) is -1.37. The van der Waals surface area contributed by atoms with Gasteiger partial charge in [-0.2, -0.15) is 0 Å². The number of benzene rings is 2. The first-order valence-corrected chi connectivity index (χ1v) is 19.6. The summed E-state index contributed by atoms with van der Waals surface area (Å²) in [5, 5.41) is 3.57. The van der Waals surface area contributed by atoms with Crippen LogP contribution in [-0.2, 0) is 26.5 Å². The first-order chi connectivity index (χ1) is 21.5. The summed E-state index contributed by atoms with van der Waals surface area (Å²) in [4.78, 5) is 13.6. The van der Waals surface area contributed by atoms with Crippen molar-refractivity contribution >= 4 is 35.3 Å². The third-order valence-electron chi connectivity index (χ3n) is 8.21. The zero-order chi connectivity index (χ0) is 32.2. The van der Waals surface area contributed by atoms with Gasteiger partial charge < -0.3 is 14.4 Å². The quantitative estimate of drug-likeness (QED) is 0.119. The van der Waals surface area contributed by atoms with Crippen molar-refractivity contribution in [2.75, 3.05) is 0 Å². The van der Waals surface area contributed by atoms with Crippen LogP contribution in [0.25, 0.3) is 44.6 Å². The molecule has 6 aromatic rings. The molecule has 2 aromatic carbocycles. The zero-order valence-electron chi connectivity index (χ0n) is 28.4. The molecule has 0 spiro atoms. The SMILES string of the molecule is CC(C)(C)Cc1cc(-c2[c-]cccc2)ncc1[Si](C)(C)C.CCC(CC)c1ccnc(-c2[c-]ccc3c2oc2ncccc23)c1.[Ir]. The van der Waals surface area contributed by atoms with Gasteiger partial charge in [-0.05, 0) is 65.4 Å². The maximum absolute atomic E-state index is 6.01. The van der Waals surface area contributed by atoms with Crippen LogP contribution in [0.1, 0.15) is 64.5 Å². The minimum Gasteiger partial charge on any atom is -0.486 e. The predicted octanol–water partition coefficient (Wildman–Crippen LogP) is 10.4. The van der Waals surface area contributed by atoms with Crippen molar-refractivity contribution in [2.24, 2.45) is 5.41 Å². The number of fused-ring (bicyclic) bond motifs is 3. The second kappa shape index (κ2) is 15.0. The van der Waals surface area contributed by atoms with Gasteiger partial charge in [-0.3, -0.25) is 0 Å². The molecule has 0 aliphatic carbocycles. The standard InChI is InChI=1S/C21H19N2O.C19H26NSi.Ir/c1-3-14(4-2)15-10-12-22-19(13-15)18-8-5-7-16-17-9-6-11-23-21(17)24-20(16)18;1-19(2,3)13-16-12-17(15-10-8-7-9-11-15)20-14-18(16)21(4,5)6;/h5-7,9-14H,3-4H2,1-2H3;7-10,12,14H,13H2,1-6H3;/q2*-1;. The fraction of sp³-hybridized carbons (Fsp3) is 0.325. The van der Waals surface area contributed by atoms with E-state index in [1.165, 1.54) is 16.3 Å². The Kier molecular flexibility index (Phi) is 11.5. The topological polar surface area (TPSA) is 51.8 Å². The van der Waals surface area contributed by atoms with Crippen molar-refractivity contribution in [3.63, 3.8) is 0 Å². The summed E-state index contributed by atoms with van der Waals surface area (Å²) in [6.07, 6.45) is 9.10. The van der Waals surface area contributed by atoms with E-state index in [1.54, 1.807) is 6.20 Å². The van der Waals surface area contributed by atoms with E-state index in [9.17, 15) is 0 Å². The zero-order valence-corrected chi connectivity index (χ0v) is 31.8. The third-order valence-corrected chi connectivity index (χ3v) is 10.3. The van der Waals surface area contributed by atoms with Gasteiger partial charge in [-0.1, -0.05) is 88.5 Å². The Morgan fingerprint density at radius 1 is 0.804 bits per heavy atom. The van der Waals surface area contributed by atoms with E-state index in [2.05, 4.69) is 107 Å². The van der Waals surface area contributed by atoms with Gasteiger partial charge in [0.2, 0.25) is 5.71 Å². The molecule has 1 radical (unpaired) electrons. The number of nitrogens with zero attached hydrogens (tertiary/aromatic N) is 3. The number of hydrogen-bond donors (Lipinski definition) is 0. The van der Waals surface area contributed by atoms with Gasteiger partial charge >= 0.3 is 0 Å². The van der Waals surface area contributed by atoms with E-state index in [0.29, 0.717) is 11.6 Å². The fourth-order valence-electron chi connectivity index (χ4n) is 5.95. The van der Waals surface area contributed by atoms with Crippen molar-refractivity contribution in [1.29, 1.82) is 0 Å². The Labute approximate surface area is 289 Å². The van der Waals surface area contributed by atoms with Gasteiger partial charge in [0.05, 0.1) is 13.7 Å². The predicted molar refractivity (Wildman–Crippen MR) is 192 cm³/mol. The fourth-order valence-corrected chi connectivity index (χ4v) is 7.53. The molecule has 6 rings (SSSR count). The average molecular weight is 804 g/mol. The molecule has 0 unspecified atom stereocenters. The maximum atomic E-state index is 6.01. The summed E-state index contributed by atoms with van der Waals surface area (Å²) in [6.45, 7) is 18.5. The van der Waals surface area contributed by atoms with Crippen molar-refractivity contribution in [1.82, 2.24) is 15.0 Å². The molecule has 0 atom stereocenters. The molecule has 0 aliphatic heterocycles. The van der Waals surface area contributed by atoms with Gasteiger partial charge in [0.25, 0.3) is 0 Å². The third kappa shape index (κ3) is 8.28. The number of aromatic nitrogens is 3. The van der Waals surface area contributed by atoms with Crippen LogP contribution in [-0.4, -0.2) is 23.0 Å². The summed E-state index contributed by atoms with van der Waals surface area (Å²) < 4.78 is 6.01. The number of rotatable bonds is 7. The molecule has 4 heterocycles. The Bertz CT molecular complexity index is 1880. The minimum absolute atomic E-state index is 0. The summed E-state index contributed by atoms with van der Waals surface area (Å²) in [5.41, 5.74) is 8.46. The largest absolute Gasteiger partial charge is 0.486 e. The molecule has 0 fully saturated rings. The molecule has 0 saturated heterocycles. The Hall–Kier alpha value is -3.44.